The zero-order valence-corrected chi connectivity index (χ0v) is 23.4. The summed E-state index contributed by atoms with van der Waals surface area (Å²) in [6.45, 7) is 2.98. The summed E-state index contributed by atoms with van der Waals surface area (Å²) in [7, 11) is -4.36. The van der Waals surface area contributed by atoms with Crippen molar-refractivity contribution in [3.8, 4) is 0 Å². The third kappa shape index (κ3) is 4.36. The molecule has 0 saturated heterocycles. The van der Waals surface area contributed by atoms with Crippen molar-refractivity contribution in [2.45, 2.75) is 71.1 Å². The fourth-order valence-electron chi connectivity index (χ4n) is 7.46. The predicted octanol–water partition coefficient (Wildman–Crippen LogP) is 5.15. The molecule has 0 unspecified atom stereocenters. The standard InChI is InChI=1S/C26H32Cl2N4O4S/c1-15-13-30(24-22(27)8-21(9-23(24)28)20-3-4-20)37(35,36)31(14-15)32(29-16(2)33)25(34)26-10-17-5-18(11-26)7-19(6-17)12-26/h8-9,13,17-20H,3-7,10-12,14H2,1-2H3,(H,29,33). The zero-order chi connectivity index (χ0) is 26.3. The van der Waals surface area contributed by atoms with E-state index >= 15 is 0 Å². The van der Waals surface area contributed by atoms with Crippen LogP contribution >= 0.6 is 23.2 Å². The molecule has 7 rings (SSSR count). The van der Waals surface area contributed by atoms with Crippen LogP contribution in [0.3, 0.4) is 0 Å². The molecule has 0 aromatic heterocycles. The second kappa shape index (κ2) is 8.86. The topological polar surface area (TPSA) is 90.0 Å². The van der Waals surface area contributed by atoms with E-state index in [4.69, 9.17) is 23.2 Å². The Balaban J connectivity index is 1.38. The average Bonchev–Trinajstić information content (AvgIpc) is 3.63. The molecule has 0 atom stereocenters. The van der Waals surface area contributed by atoms with Gasteiger partial charge < -0.3 is 0 Å². The number of hydrogen-bond acceptors (Lipinski definition) is 4. The van der Waals surface area contributed by atoms with Crippen LogP contribution in [0.4, 0.5) is 5.69 Å². The van der Waals surface area contributed by atoms with Crippen molar-refractivity contribution < 1.29 is 18.0 Å². The predicted molar refractivity (Wildman–Crippen MR) is 142 cm³/mol. The van der Waals surface area contributed by atoms with Crippen molar-refractivity contribution >= 4 is 50.9 Å². The van der Waals surface area contributed by atoms with Gasteiger partial charge in [-0.15, -0.1) is 0 Å². The maximum absolute atomic E-state index is 14.2. The van der Waals surface area contributed by atoms with E-state index in [1.54, 1.807) is 19.1 Å². The molecule has 11 heteroatoms. The molecule has 6 aliphatic rings. The fourth-order valence-corrected chi connectivity index (χ4v) is 9.88. The molecular weight excluding hydrogens is 535 g/mol. The van der Waals surface area contributed by atoms with E-state index in [1.165, 1.54) is 13.1 Å². The van der Waals surface area contributed by atoms with Crippen LogP contribution in [0.5, 0.6) is 0 Å². The summed E-state index contributed by atoms with van der Waals surface area (Å²) in [4.78, 5) is 26.5. The Morgan fingerprint density at radius 2 is 1.57 bits per heavy atom. The number of anilines is 1. The maximum atomic E-state index is 14.2. The lowest BCUT2D eigenvalue weighted by atomic mass is 9.49. The van der Waals surface area contributed by atoms with E-state index < -0.39 is 21.5 Å². The van der Waals surface area contributed by atoms with E-state index in [0.717, 1.165) is 70.8 Å². The minimum Gasteiger partial charge on any atom is -0.274 e. The lowest BCUT2D eigenvalue weighted by Crippen LogP contribution is -2.66. The first-order chi connectivity index (χ1) is 17.5. The van der Waals surface area contributed by atoms with Crippen LogP contribution in [0.15, 0.2) is 23.9 Å². The summed E-state index contributed by atoms with van der Waals surface area (Å²) in [5.41, 5.74) is 3.69. The van der Waals surface area contributed by atoms with Gasteiger partial charge in [-0.1, -0.05) is 27.6 Å². The van der Waals surface area contributed by atoms with Crippen LogP contribution in [-0.4, -0.2) is 36.3 Å². The number of hydrogen-bond donors (Lipinski definition) is 1. The summed E-state index contributed by atoms with van der Waals surface area (Å²) in [6, 6.07) is 3.54. The first-order valence-corrected chi connectivity index (χ1v) is 15.2. The molecule has 1 N–H and O–H groups in total. The van der Waals surface area contributed by atoms with Crippen molar-refractivity contribution in [3.63, 3.8) is 0 Å². The third-order valence-corrected chi connectivity index (χ3v) is 10.9. The molecule has 5 aliphatic carbocycles. The molecule has 5 fully saturated rings. The second-order valence-electron chi connectivity index (χ2n) is 11.8. The number of rotatable bonds is 4. The quantitative estimate of drug-likeness (QED) is 0.510. The van der Waals surface area contributed by atoms with E-state index in [-0.39, 0.29) is 28.2 Å². The highest BCUT2D eigenvalue weighted by Gasteiger charge is 2.57. The Labute approximate surface area is 228 Å². The van der Waals surface area contributed by atoms with Gasteiger partial charge in [-0.25, -0.2) is 9.73 Å². The third-order valence-electron chi connectivity index (χ3n) is 8.72. The number of hydrazine groups is 2. The van der Waals surface area contributed by atoms with Gasteiger partial charge in [-0.2, -0.15) is 13.5 Å². The number of nitrogens with zero attached hydrogens (tertiary/aromatic N) is 3. The number of nitrogens with one attached hydrogen (secondary N) is 1. The monoisotopic (exact) mass is 566 g/mol. The Morgan fingerprint density at radius 1 is 1.03 bits per heavy atom. The molecule has 8 nitrogen and oxygen atoms in total. The zero-order valence-electron chi connectivity index (χ0n) is 21.0. The molecule has 2 amide bonds. The van der Waals surface area contributed by atoms with Gasteiger partial charge in [-0.3, -0.25) is 9.59 Å². The molecule has 5 saturated carbocycles. The summed E-state index contributed by atoms with van der Waals surface area (Å²) in [6.07, 6.45) is 9.21. The molecule has 1 aromatic carbocycles. The van der Waals surface area contributed by atoms with E-state index in [0.29, 0.717) is 29.2 Å². The molecule has 0 radical (unpaired) electrons. The highest BCUT2D eigenvalue weighted by molar-refractivity contribution is 7.90. The van der Waals surface area contributed by atoms with Gasteiger partial charge in [0, 0.05) is 13.1 Å². The Bertz CT molecular complexity index is 1250. The average molecular weight is 568 g/mol. The highest BCUT2D eigenvalue weighted by atomic mass is 35.5. The Kier molecular flexibility index (Phi) is 6.10. The summed E-state index contributed by atoms with van der Waals surface area (Å²) in [5, 5.41) is 1.42. The molecule has 200 valence electrons. The lowest BCUT2D eigenvalue weighted by Gasteiger charge is -2.57. The Hall–Kier alpha value is -1.81. The van der Waals surface area contributed by atoms with Crippen molar-refractivity contribution in [1.29, 1.82) is 0 Å². The van der Waals surface area contributed by atoms with Crippen LogP contribution < -0.4 is 9.73 Å². The van der Waals surface area contributed by atoms with Crippen molar-refractivity contribution in [2.24, 2.45) is 23.2 Å². The molecular formula is C26H32Cl2N4O4S. The van der Waals surface area contributed by atoms with Crippen molar-refractivity contribution in [2.75, 3.05) is 10.8 Å². The van der Waals surface area contributed by atoms with Gasteiger partial charge in [-0.05, 0) is 105 Å². The number of carbonyl (C=O) groups is 2. The minimum absolute atomic E-state index is 0.0768. The van der Waals surface area contributed by atoms with E-state index in [1.807, 2.05) is 0 Å². The number of halogens is 2. The summed E-state index contributed by atoms with van der Waals surface area (Å²) in [5.74, 6) is 0.969. The number of carbonyl (C=O) groups excluding carboxylic acids is 2. The Morgan fingerprint density at radius 3 is 2.05 bits per heavy atom. The molecule has 1 heterocycles. The molecule has 4 bridgehead atoms. The van der Waals surface area contributed by atoms with Crippen LogP contribution in [0.2, 0.25) is 10.0 Å². The van der Waals surface area contributed by atoms with Crippen molar-refractivity contribution in [3.05, 3.63) is 39.5 Å². The number of benzene rings is 1. The van der Waals surface area contributed by atoms with Gasteiger partial charge >= 0.3 is 10.2 Å². The second-order valence-corrected chi connectivity index (χ2v) is 14.4. The van der Waals surface area contributed by atoms with Crippen LogP contribution in [0.25, 0.3) is 0 Å². The van der Waals surface area contributed by atoms with Crippen LogP contribution in [0.1, 0.15) is 76.7 Å². The smallest absolute Gasteiger partial charge is 0.274 e. The van der Waals surface area contributed by atoms with Gasteiger partial charge in [0.25, 0.3) is 5.91 Å². The lowest BCUT2D eigenvalue weighted by molar-refractivity contribution is -0.176. The van der Waals surface area contributed by atoms with Gasteiger partial charge in [0.2, 0.25) is 5.91 Å². The van der Waals surface area contributed by atoms with Crippen LogP contribution in [0, 0.1) is 23.2 Å². The number of amides is 2. The van der Waals surface area contributed by atoms with E-state index in [2.05, 4.69) is 5.43 Å². The highest BCUT2D eigenvalue weighted by Crippen LogP contribution is 2.60. The summed E-state index contributed by atoms with van der Waals surface area (Å²) < 4.78 is 30.2. The first kappa shape index (κ1) is 25.5. The molecule has 0 spiro atoms. The van der Waals surface area contributed by atoms with Gasteiger partial charge in [0.05, 0.1) is 27.7 Å². The minimum atomic E-state index is -4.36. The van der Waals surface area contributed by atoms with Crippen molar-refractivity contribution in [1.82, 2.24) is 15.0 Å². The largest absolute Gasteiger partial charge is 0.327 e. The normalized spacial score (nSPS) is 32.3. The summed E-state index contributed by atoms with van der Waals surface area (Å²) >= 11 is 13.2. The SMILES string of the molecule is CC(=O)NN(C(=O)C12CC3CC(CC(C3)C1)C2)N1CC(C)=CN(c2c(Cl)cc(C3CC3)cc2Cl)S1(=O)=O. The molecule has 1 aliphatic heterocycles. The molecule has 37 heavy (non-hydrogen) atoms. The fraction of sp³-hybridized carbons (Fsp3) is 0.615. The van der Waals surface area contributed by atoms with Gasteiger partial charge in [0.1, 0.15) is 0 Å². The van der Waals surface area contributed by atoms with E-state index in [9.17, 15) is 18.0 Å². The maximum Gasteiger partial charge on any atom is 0.327 e. The first-order valence-electron chi connectivity index (χ1n) is 13.1. The molecule has 1 aromatic rings. The van der Waals surface area contributed by atoms with Gasteiger partial charge in [0.15, 0.2) is 0 Å². The van der Waals surface area contributed by atoms with Crippen LogP contribution in [-0.2, 0) is 19.8 Å².